The van der Waals surface area contributed by atoms with Crippen LogP contribution in [-0.2, 0) is 11.2 Å². The van der Waals surface area contributed by atoms with Crippen LogP contribution in [0.1, 0.15) is 25.6 Å². The molecule has 1 aromatic rings. The third-order valence-electron chi connectivity index (χ3n) is 3.52. The molecule has 0 bridgehead atoms. The lowest BCUT2D eigenvalue weighted by Gasteiger charge is -2.36. The highest BCUT2D eigenvalue weighted by Gasteiger charge is 2.20. The fraction of sp³-hybridized carbons (Fsp3) is 0.714. The molecule has 0 saturated carbocycles. The third-order valence-corrected chi connectivity index (χ3v) is 3.52. The molecule has 0 atom stereocenters. The van der Waals surface area contributed by atoms with Crippen molar-refractivity contribution in [3.05, 3.63) is 11.7 Å². The molecule has 0 aromatic carbocycles. The number of nitrogens with one attached hydrogen (secondary N) is 1. The molecule has 8 nitrogen and oxygen atoms in total. The number of hydrogen-bond acceptors (Lipinski definition) is 5. The minimum atomic E-state index is 0.133. The van der Waals surface area contributed by atoms with Crippen LogP contribution in [0.15, 0.2) is 9.52 Å². The Hall–Kier alpha value is -2.12. The number of carbonyl (C=O) groups is 1. The molecule has 1 N–H and O–H groups in total. The van der Waals surface area contributed by atoms with Gasteiger partial charge in [0, 0.05) is 46.1 Å². The van der Waals surface area contributed by atoms with Crippen LogP contribution in [0, 0.1) is 6.92 Å². The van der Waals surface area contributed by atoms with Crippen LogP contribution in [0.4, 0.5) is 0 Å². The Kier molecular flexibility index (Phi) is 5.74. The predicted molar refractivity (Wildman–Crippen MR) is 82.5 cm³/mol. The number of piperazine rings is 1. The van der Waals surface area contributed by atoms with Crippen LogP contribution in [-0.4, -0.2) is 71.1 Å². The number of guanidine groups is 1. The SMILES string of the molecule is CCNC(=NCCc1nc(C)no1)N1CCN(C(C)=O)CC1. The van der Waals surface area contributed by atoms with E-state index in [-0.39, 0.29) is 5.91 Å². The summed E-state index contributed by atoms with van der Waals surface area (Å²) in [5, 5.41) is 7.06. The average molecular weight is 308 g/mol. The maximum Gasteiger partial charge on any atom is 0.228 e. The fourth-order valence-electron chi connectivity index (χ4n) is 2.36. The van der Waals surface area contributed by atoms with Gasteiger partial charge in [0.25, 0.3) is 0 Å². The average Bonchev–Trinajstić information content (AvgIpc) is 2.92. The lowest BCUT2D eigenvalue weighted by molar-refractivity contribution is -0.130. The van der Waals surface area contributed by atoms with Gasteiger partial charge >= 0.3 is 0 Å². The van der Waals surface area contributed by atoms with Gasteiger partial charge in [-0.1, -0.05) is 5.16 Å². The Bertz CT molecular complexity index is 519. The van der Waals surface area contributed by atoms with Crippen molar-refractivity contribution in [2.24, 2.45) is 4.99 Å². The van der Waals surface area contributed by atoms with Gasteiger partial charge in [0.05, 0.1) is 6.54 Å². The summed E-state index contributed by atoms with van der Waals surface area (Å²) in [6.07, 6.45) is 0.628. The maximum absolute atomic E-state index is 11.4. The lowest BCUT2D eigenvalue weighted by atomic mass is 10.3. The van der Waals surface area contributed by atoms with Gasteiger partial charge < -0.3 is 19.6 Å². The smallest absolute Gasteiger partial charge is 0.228 e. The zero-order valence-corrected chi connectivity index (χ0v) is 13.5. The van der Waals surface area contributed by atoms with E-state index in [1.54, 1.807) is 13.8 Å². The standard InChI is InChI=1S/C14H24N6O2/c1-4-15-14(16-6-5-13-17-11(2)18-22-13)20-9-7-19(8-10-20)12(3)21/h4-10H2,1-3H3,(H,15,16). The summed E-state index contributed by atoms with van der Waals surface area (Å²) >= 11 is 0. The molecule has 1 amide bonds. The second kappa shape index (κ2) is 7.77. The summed E-state index contributed by atoms with van der Waals surface area (Å²) in [7, 11) is 0. The molecule has 0 aliphatic carbocycles. The van der Waals surface area contributed by atoms with Gasteiger partial charge in [0.2, 0.25) is 11.8 Å². The summed E-state index contributed by atoms with van der Waals surface area (Å²) in [5.74, 6) is 2.26. The zero-order chi connectivity index (χ0) is 15.9. The van der Waals surface area contributed by atoms with Crippen molar-refractivity contribution in [1.82, 2.24) is 25.3 Å². The van der Waals surface area contributed by atoms with Crippen molar-refractivity contribution in [1.29, 1.82) is 0 Å². The number of nitrogens with zero attached hydrogens (tertiary/aromatic N) is 5. The number of aliphatic imine (C=N–C) groups is 1. The van der Waals surface area contributed by atoms with E-state index in [4.69, 9.17) is 4.52 Å². The van der Waals surface area contributed by atoms with E-state index in [2.05, 4.69) is 25.3 Å². The van der Waals surface area contributed by atoms with Crippen molar-refractivity contribution in [3.63, 3.8) is 0 Å². The van der Waals surface area contributed by atoms with Crippen molar-refractivity contribution in [2.45, 2.75) is 27.2 Å². The van der Waals surface area contributed by atoms with Gasteiger partial charge in [0.1, 0.15) is 0 Å². The first-order valence-electron chi connectivity index (χ1n) is 7.68. The highest BCUT2D eigenvalue weighted by atomic mass is 16.5. The number of rotatable bonds is 4. The van der Waals surface area contributed by atoms with Gasteiger partial charge in [-0.25, -0.2) is 0 Å². The van der Waals surface area contributed by atoms with Crippen molar-refractivity contribution < 1.29 is 9.32 Å². The molecular formula is C14H24N6O2. The highest BCUT2D eigenvalue weighted by molar-refractivity contribution is 5.80. The Balaban J connectivity index is 1.88. The predicted octanol–water partition coefficient (Wildman–Crippen LogP) is 0.0501. The molecule has 2 rings (SSSR count). The molecule has 1 aliphatic heterocycles. The molecule has 0 spiro atoms. The van der Waals surface area contributed by atoms with Crippen molar-refractivity contribution in [2.75, 3.05) is 39.3 Å². The van der Waals surface area contributed by atoms with E-state index in [1.807, 2.05) is 11.8 Å². The number of hydrogen-bond donors (Lipinski definition) is 1. The first-order chi connectivity index (χ1) is 10.6. The molecule has 22 heavy (non-hydrogen) atoms. The highest BCUT2D eigenvalue weighted by Crippen LogP contribution is 2.03. The van der Waals surface area contributed by atoms with E-state index in [1.165, 1.54) is 0 Å². The maximum atomic E-state index is 11.4. The first-order valence-corrected chi connectivity index (χ1v) is 7.68. The van der Waals surface area contributed by atoms with Crippen LogP contribution in [0.5, 0.6) is 0 Å². The van der Waals surface area contributed by atoms with Crippen LogP contribution in [0.25, 0.3) is 0 Å². The van der Waals surface area contributed by atoms with E-state index in [0.717, 1.165) is 38.7 Å². The quantitative estimate of drug-likeness (QED) is 0.625. The van der Waals surface area contributed by atoms with Crippen LogP contribution < -0.4 is 5.32 Å². The Morgan fingerprint density at radius 1 is 1.32 bits per heavy atom. The van der Waals surface area contributed by atoms with E-state index >= 15 is 0 Å². The molecule has 0 unspecified atom stereocenters. The summed E-state index contributed by atoms with van der Waals surface area (Å²) in [6.45, 7) is 9.93. The van der Waals surface area contributed by atoms with E-state index < -0.39 is 0 Å². The molecule has 1 aliphatic rings. The summed E-state index contributed by atoms with van der Waals surface area (Å²) < 4.78 is 5.08. The molecule has 8 heteroatoms. The van der Waals surface area contributed by atoms with Gasteiger partial charge in [-0.3, -0.25) is 9.79 Å². The largest absolute Gasteiger partial charge is 0.357 e. The second-order valence-corrected chi connectivity index (χ2v) is 5.21. The summed E-state index contributed by atoms with van der Waals surface area (Å²) in [6, 6.07) is 0. The minimum absolute atomic E-state index is 0.133. The molecule has 2 heterocycles. The van der Waals surface area contributed by atoms with E-state index in [9.17, 15) is 4.79 Å². The molecular weight excluding hydrogens is 284 g/mol. The van der Waals surface area contributed by atoms with Crippen molar-refractivity contribution in [3.8, 4) is 0 Å². The van der Waals surface area contributed by atoms with Crippen molar-refractivity contribution >= 4 is 11.9 Å². The molecule has 1 saturated heterocycles. The molecule has 1 aromatic heterocycles. The molecule has 1 fully saturated rings. The zero-order valence-electron chi connectivity index (χ0n) is 13.5. The summed E-state index contributed by atoms with van der Waals surface area (Å²) in [5.41, 5.74) is 0. The normalized spacial score (nSPS) is 16.0. The molecule has 0 radical (unpaired) electrons. The Morgan fingerprint density at radius 2 is 2.00 bits per heavy atom. The van der Waals surface area contributed by atoms with Gasteiger partial charge in [-0.2, -0.15) is 4.98 Å². The number of amides is 1. The van der Waals surface area contributed by atoms with Crippen LogP contribution >= 0.6 is 0 Å². The topological polar surface area (TPSA) is 86.9 Å². The van der Waals surface area contributed by atoms with Gasteiger partial charge in [-0.05, 0) is 13.8 Å². The first kappa shape index (κ1) is 16.3. The fourth-order valence-corrected chi connectivity index (χ4v) is 2.36. The summed E-state index contributed by atoms with van der Waals surface area (Å²) in [4.78, 5) is 24.2. The molecule has 122 valence electrons. The van der Waals surface area contributed by atoms with Gasteiger partial charge in [-0.15, -0.1) is 0 Å². The lowest BCUT2D eigenvalue weighted by Crippen LogP contribution is -2.53. The third kappa shape index (κ3) is 4.44. The van der Waals surface area contributed by atoms with Crippen LogP contribution in [0.2, 0.25) is 0 Å². The Labute approximate surface area is 130 Å². The van der Waals surface area contributed by atoms with Gasteiger partial charge in [0.15, 0.2) is 11.8 Å². The monoisotopic (exact) mass is 308 g/mol. The number of carbonyl (C=O) groups excluding carboxylic acids is 1. The minimum Gasteiger partial charge on any atom is -0.357 e. The van der Waals surface area contributed by atoms with E-state index in [0.29, 0.717) is 24.7 Å². The number of aryl methyl sites for hydroxylation is 1. The van der Waals surface area contributed by atoms with Crippen LogP contribution in [0.3, 0.4) is 0 Å². The Morgan fingerprint density at radius 3 is 2.55 bits per heavy atom. The number of aromatic nitrogens is 2. The second-order valence-electron chi connectivity index (χ2n) is 5.21.